The van der Waals surface area contributed by atoms with Crippen molar-refractivity contribution < 1.29 is 9.53 Å². The fraction of sp³-hybridized carbons (Fsp3) is 0.545. The average molecular weight is 285 g/mol. The fourth-order valence-corrected chi connectivity index (χ4v) is 4.35. The Morgan fingerprint density at radius 3 is 2.78 bits per heavy atom. The Morgan fingerprint density at radius 2 is 2.22 bits per heavy atom. The number of aryl methyl sites for hydroxylation is 1. The number of carbonyl (C=O) groups is 1. The molecule has 5 nitrogen and oxygen atoms in total. The second-order valence-electron chi connectivity index (χ2n) is 3.85. The van der Waals surface area contributed by atoms with Crippen molar-refractivity contribution in [2.75, 3.05) is 30.1 Å². The topological polar surface area (TPSA) is 78.1 Å². The van der Waals surface area contributed by atoms with E-state index in [1.54, 1.807) is 6.92 Å². The third-order valence-corrected chi connectivity index (χ3v) is 5.38. The van der Waals surface area contributed by atoms with Gasteiger partial charge in [-0.2, -0.15) is 11.8 Å². The maximum Gasteiger partial charge on any atom is 0.343 e. The highest BCUT2D eigenvalue weighted by Crippen LogP contribution is 2.35. The summed E-state index contributed by atoms with van der Waals surface area (Å²) in [5, 5.41) is 0.261. The molecule has 0 spiro atoms. The van der Waals surface area contributed by atoms with E-state index >= 15 is 0 Å². The predicted molar refractivity (Wildman–Crippen MR) is 75.0 cm³/mol. The van der Waals surface area contributed by atoms with Gasteiger partial charge in [0.1, 0.15) is 17.2 Å². The summed E-state index contributed by atoms with van der Waals surface area (Å²) < 4.78 is 4.68. The summed E-state index contributed by atoms with van der Waals surface area (Å²) in [6.45, 7) is 1.76. The van der Waals surface area contributed by atoms with Crippen LogP contribution in [0, 0.1) is 6.92 Å². The quantitative estimate of drug-likeness (QED) is 0.828. The molecule has 1 saturated heterocycles. The maximum absolute atomic E-state index is 11.6. The van der Waals surface area contributed by atoms with E-state index in [1.807, 2.05) is 23.5 Å². The fourth-order valence-electron chi connectivity index (χ4n) is 1.75. The lowest BCUT2D eigenvalue weighted by atomic mass is 10.2. The minimum absolute atomic E-state index is 0.209. The first-order valence-electron chi connectivity index (χ1n) is 5.55. The van der Waals surface area contributed by atoms with E-state index in [2.05, 4.69) is 14.7 Å². The zero-order valence-electron chi connectivity index (χ0n) is 10.3. The first-order chi connectivity index (χ1) is 8.63. The number of hydrogen-bond donors (Lipinski definition) is 1. The molecule has 1 atom stereocenters. The average Bonchev–Trinajstić information content (AvgIpc) is 2.38. The van der Waals surface area contributed by atoms with E-state index < -0.39 is 5.97 Å². The number of hydrogen-bond acceptors (Lipinski definition) is 7. The molecular formula is C11H15N3O2S2. The number of thioether (sulfide) groups is 2. The Morgan fingerprint density at radius 1 is 1.44 bits per heavy atom. The molecule has 0 saturated carbocycles. The third-order valence-electron chi connectivity index (χ3n) is 2.63. The zero-order valence-corrected chi connectivity index (χ0v) is 11.9. The first-order valence-corrected chi connectivity index (χ1v) is 7.75. The number of nitrogens with zero attached hydrogens (tertiary/aromatic N) is 2. The molecule has 1 unspecified atom stereocenters. The molecule has 1 aliphatic heterocycles. The van der Waals surface area contributed by atoms with Gasteiger partial charge in [0.15, 0.2) is 0 Å². The van der Waals surface area contributed by atoms with E-state index in [9.17, 15) is 4.79 Å². The lowest BCUT2D eigenvalue weighted by molar-refractivity contribution is 0.0600. The van der Waals surface area contributed by atoms with Gasteiger partial charge in [0, 0.05) is 17.3 Å². The van der Waals surface area contributed by atoms with Crippen LogP contribution in [0.3, 0.4) is 0 Å². The van der Waals surface area contributed by atoms with Crippen LogP contribution >= 0.6 is 23.5 Å². The third kappa shape index (κ3) is 2.72. The molecule has 1 aromatic heterocycles. The molecule has 0 bridgehead atoms. The van der Waals surface area contributed by atoms with Crippen LogP contribution in [0.2, 0.25) is 0 Å². The van der Waals surface area contributed by atoms with E-state index in [4.69, 9.17) is 5.73 Å². The number of rotatable bonds is 2. The number of anilines is 1. The van der Waals surface area contributed by atoms with E-state index in [1.165, 1.54) is 7.11 Å². The van der Waals surface area contributed by atoms with Gasteiger partial charge in [0.2, 0.25) is 0 Å². The number of nitrogen functional groups attached to an aromatic ring is 1. The van der Waals surface area contributed by atoms with Crippen LogP contribution in [-0.2, 0) is 4.74 Å². The molecule has 0 amide bonds. The van der Waals surface area contributed by atoms with Gasteiger partial charge in [-0.05, 0) is 6.92 Å². The smallest absolute Gasteiger partial charge is 0.343 e. The summed E-state index contributed by atoms with van der Waals surface area (Å²) in [6.07, 6.45) is 0. The van der Waals surface area contributed by atoms with Crippen LogP contribution in [0.5, 0.6) is 0 Å². The van der Waals surface area contributed by atoms with Crippen molar-refractivity contribution in [1.82, 2.24) is 9.97 Å². The van der Waals surface area contributed by atoms with Gasteiger partial charge in [-0.25, -0.2) is 14.8 Å². The SMILES string of the molecule is COC(=O)c1c(C)nc(C2CSCCS2)nc1N. The van der Waals surface area contributed by atoms with Crippen molar-refractivity contribution in [2.24, 2.45) is 0 Å². The summed E-state index contributed by atoms with van der Waals surface area (Å²) in [5.74, 6) is 3.69. The molecule has 0 aliphatic carbocycles. The van der Waals surface area contributed by atoms with Crippen LogP contribution in [0.25, 0.3) is 0 Å². The molecule has 2 rings (SSSR count). The number of aromatic nitrogens is 2. The van der Waals surface area contributed by atoms with Crippen LogP contribution in [0.4, 0.5) is 5.82 Å². The summed E-state index contributed by atoms with van der Waals surface area (Å²) in [6, 6.07) is 0. The van der Waals surface area contributed by atoms with E-state index in [-0.39, 0.29) is 16.6 Å². The molecule has 1 aliphatic rings. The zero-order chi connectivity index (χ0) is 13.1. The predicted octanol–water partition coefficient (Wildman–Crippen LogP) is 1.67. The van der Waals surface area contributed by atoms with Gasteiger partial charge < -0.3 is 10.5 Å². The van der Waals surface area contributed by atoms with Gasteiger partial charge in [0.25, 0.3) is 0 Å². The van der Waals surface area contributed by atoms with Gasteiger partial charge in [-0.3, -0.25) is 0 Å². The molecule has 2 heterocycles. The Bertz CT molecular complexity index is 439. The van der Waals surface area contributed by atoms with Gasteiger partial charge in [-0.1, -0.05) is 0 Å². The first kappa shape index (κ1) is 13.5. The van der Waals surface area contributed by atoms with Crippen molar-refractivity contribution in [1.29, 1.82) is 0 Å². The van der Waals surface area contributed by atoms with Crippen molar-refractivity contribution in [3.8, 4) is 0 Å². The van der Waals surface area contributed by atoms with E-state index in [0.29, 0.717) is 5.69 Å². The Labute approximate surface area is 114 Å². The van der Waals surface area contributed by atoms with Crippen molar-refractivity contribution >= 4 is 35.3 Å². The van der Waals surface area contributed by atoms with Gasteiger partial charge in [-0.15, -0.1) is 11.8 Å². The molecule has 18 heavy (non-hydrogen) atoms. The van der Waals surface area contributed by atoms with Gasteiger partial charge >= 0.3 is 5.97 Å². The molecule has 98 valence electrons. The number of nitrogens with two attached hydrogens (primary N) is 1. The monoisotopic (exact) mass is 285 g/mol. The summed E-state index contributed by atoms with van der Waals surface area (Å²) in [5.41, 5.74) is 6.69. The Kier molecular flexibility index (Phi) is 4.34. The van der Waals surface area contributed by atoms with Crippen molar-refractivity contribution in [3.05, 3.63) is 17.1 Å². The molecule has 7 heteroatoms. The molecule has 0 aromatic carbocycles. The van der Waals surface area contributed by atoms with Crippen LogP contribution < -0.4 is 5.73 Å². The Balaban J connectivity index is 2.32. The maximum atomic E-state index is 11.6. The molecule has 1 aromatic rings. The standard InChI is InChI=1S/C11H15N3O2S2/c1-6-8(11(15)16-2)9(12)14-10(13-6)7-5-17-3-4-18-7/h7H,3-5H2,1-2H3,(H2,12,13,14). The summed E-state index contributed by atoms with van der Waals surface area (Å²) in [4.78, 5) is 20.2. The second kappa shape index (κ2) is 5.79. The molecular weight excluding hydrogens is 270 g/mol. The number of methoxy groups -OCH3 is 1. The lowest BCUT2D eigenvalue weighted by Gasteiger charge is -2.20. The number of ether oxygens (including phenoxy) is 1. The molecule has 2 N–H and O–H groups in total. The lowest BCUT2D eigenvalue weighted by Crippen LogP contribution is -2.16. The van der Waals surface area contributed by atoms with Crippen LogP contribution in [0.15, 0.2) is 0 Å². The normalized spacial score (nSPS) is 19.6. The Hall–Kier alpha value is -0.950. The van der Waals surface area contributed by atoms with Crippen molar-refractivity contribution in [2.45, 2.75) is 12.2 Å². The highest BCUT2D eigenvalue weighted by Gasteiger charge is 2.23. The van der Waals surface area contributed by atoms with Crippen LogP contribution in [-0.4, -0.2) is 40.3 Å². The summed E-state index contributed by atoms with van der Waals surface area (Å²) >= 11 is 3.73. The van der Waals surface area contributed by atoms with Crippen molar-refractivity contribution in [3.63, 3.8) is 0 Å². The second-order valence-corrected chi connectivity index (χ2v) is 6.31. The van der Waals surface area contributed by atoms with Crippen LogP contribution in [0.1, 0.15) is 27.1 Å². The minimum Gasteiger partial charge on any atom is -0.465 e. The largest absolute Gasteiger partial charge is 0.465 e. The molecule has 1 fully saturated rings. The van der Waals surface area contributed by atoms with E-state index in [0.717, 1.165) is 23.1 Å². The highest BCUT2D eigenvalue weighted by atomic mass is 32.2. The molecule has 0 radical (unpaired) electrons. The highest BCUT2D eigenvalue weighted by molar-refractivity contribution is 8.06. The number of carbonyl (C=O) groups excluding carboxylic acids is 1. The number of esters is 1. The summed E-state index contributed by atoms with van der Waals surface area (Å²) in [7, 11) is 1.32. The van der Waals surface area contributed by atoms with Gasteiger partial charge in [0.05, 0.1) is 18.1 Å². The minimum atomic E-state index is -0.484.